The molecule has 0 aliphatic heterocycles. The lowest BCUT2D eigenvalue weighted by Gasteiger charge is -2.23. The first kappa shape index (κ1) is 16.9. The van der Waals surface area contributed by atoms with E-state index in [9.17, 15) is 4.79 Å². The predicted octanol–water partition coefficient (Wildman–Crippen LogP) is 4.27. The van der Waals surface area contributed by atoms with Gasteiger partial charge in [-0.3, -0.25) is 0 Å². The lowest BCUT2D eigenvalue weighted by Crippen LogP contribution is -2.13. The molecule has 0 saturated heterocycles. The minimum atomic E-state index is -0.938. The van der Waals surface area contributed by atoms with E-state index in [-0.39, 0.29) is 11.0 Å². The Morgan fingerprint density at radius 3 is 2.48 bits per heavy atom. The van der Waals surface area contributed by atoms with Crippen LogP contribution in [0.4, 0.5) is 0 Å². The van der Waals surface area contributed by atoms with Gasteiger partial charge in [0, 0.05) is 5.56 Å². The van der Waals surface area contributed by atoms with Crippen molar-refractivity contribution in [3.05, 3.63) is 59.2 Å². The summed E-state index contributed by atoms with van der Waals surface area (Å²) in [4.78, 5) is 11.0. The second-order valence-corrected chi connectivity index (χ2v) is 6.41. The summed E-state index contributed by atoms with van der Waals surface area (Å²) in [5.74, 6) is 0.626. The molecule has 0 aliphatic rings. The molecule has 1 N–H and O–H groups in total. The molecular weight excluding hydrogens is 292 g/mol. The molecule has 0 fully saturated rings. The highest BCUT2D eigenvalue weighted by molar-refractivity contribution is 5.87. The summed E-state index contributed by atoms with van der Waals surface area (Å²) in [6.45, 7) is 6.65. The molecular formula is C19H22O4. The Kier molecular flexibility index (Phi) is 4.94. The van der Waals surface area contributed by atoms with E-state index in [2.05, 4.69) is 20.8 Å². The maximum absolute atomic E-state index is 11.0. The number of carboxylic acids is 1. The zero-order valence-electron chi connectivity index (χ0n) is 13.9. The molecule has 4 heteroatoms. The fraction of sp³-hybridized carbons (Fsp3) is 0.316. The number of benzene rings is 2. The largest absolute Gasteiger partial charge is 0.497 e. The van der Waals surface area contributed by atoms with Crippen molar-refractivity contribution in [1.82, 2.24) is 0 Å². The SMILES string of the molecule is COc1ccc(OCc2cccc(C(=O)O)c2)c(C(C)(C)C)c1. The molecule has 2 aromatic rings. The van der Waals surface area contributed by atoms with Gasteiger partial charge in [0.15, 0.2) is 0 Å². The lowest BCUT2D eigenvalue weighted by molar-refractivity contribution is 0.0696. The second kappa shape index (κ2) is 6.73. The van der Waals surface area contributed by atoms with Crippen LogP contribution in [0.15, 0.2) is 42.5 Å². The first-order valence-electron chi connectivity index (χ1n) is 7.45. The highest BCUT2D eigenvalue weighted by atomic mass is 16.5. The van der Waals surface area contributed by atoms with Crippen LogP contribution < -0.4 is 9.47 Å². The third-order valence-corrected chi connectivity index (χ3v) is 3.56. The van der Waals surface area contributed by atoms with Crippen LogP contribution in [0.1, 0.15) is 42.3 Å². The summed E-state index contributed by atoms with van der Waals surface area (Å²) >= 11 is 0. The summed E-state index contributed by atoms with van der Waals surface area (Å²) in [6.07, 6.45) is 0. The van der Waals surface area contributed by atoms with Crippen molar-refractivity contribution in [2.24, 2.45) is 0 Å². The van der Waals surface area contributed by atoms with E-state index in [4.69, 9.17) is 14.6 Å². The van der Waals surface area contributed by atoms with Gasteiger partial charge in [-0.2, -0.15) is 0 Å². The number of carboxylic acid groups (broad SMARTS) is 1. The molecule has 0 atom stereocenters. The molecule has 0 spiro atoms. The number of rotatable bonds is 5. The van der Waals surface area contributed by atoms with Gasteiger partial charge in [0.2, 0.25) is 0 Å². The molecule has 2 aromatic carbocycles. The molecule has 0 amide bonds. The van der Waals surface area contributed by atoms with Crippen molar-refractivity contribution in [2.45, 2.75) is 32.8 Å². The van der Waals surface area contributed by atoms with E-state index >= 15 is 0 Å². The quantitative estimate of drug-likeness (QED) is 0.895. The van der Waals surface area contributed by atoms with Gasteiger partial charge in [-0.05, 0) is 41.3 Å². The molecule has 0 radical (unpaired) electrons. The number of carbonyl (C=O) groups is 1. The summed E-state index contributed by atoms with van der Waals surface area (Å²) in [5.41, 5.74) is 2.04. The summed E-state index contributed by atoms with van der Waals surface area (Å²) in [7, 11) is 1.64. The van der Waals surface area contributed by atoms with Crippen LogP contribution in [-0.2, 0) is 12.0 Å². The van der Waals surface area contributed by atoms with E-state index in [1.54, 1.807) is 25.3 Å². The Bertz CT molecular complexity index is 699. The van der Waals surface area contributed by atoms with Gasteiger partial charge in [0.05, 0.1) is 12.7 Å². The average molecular weight is 314 g/mol. The maximum Gasteiger partial charge on any atom is 0.335 e. The van der Waals surface area contributed by atoms with Crippen LogP contribution in [0.2, 0.25) is 0 Å². The van der Waals surface area contributed by atoms with Gasteiger partial charge in [-0.1, -0.05) is 32.9 Å². The number of aromatic carboxylic acids is 1. The van der Waals surface area contributed by atoms with Crippen LogP contribution in [0.25, 0.3) is 0 Å². The molecule has 0 aliphatic carbocycles. The maximum atomic E-state index is 11.0. The normalized spacial score (nSPS) is 11.1. The van der Waals surface area contributed by atoms with Crippen molar-refractivity contribution in [3.8, 4) is 11.5 Å². The number of methoxy groups -OCH3 is 1. The van der Waals surface area contributed by atoms with Crippen LogP contribution in [0.5, 0.6) is 11.5 Å². The van der Waals surface area contributed by atoms with Gasteiger partial charge < -0.3 is 14.6 Å². The van der Waals surface area contributed by atoms with Crippen molar-refractivity contribution in [3.63, 3.8) is 0 Å². The first-order chi connectivity index (χ1) is 10.8. The highest BCUT2D eigenvalue weighted by Gasteiger charge is 2.20. The number of hydrogen-bond donors (Lipinski definition) is 1. The third-order valence-electron chi connectivity index (χ3n) is 3.56. The third kappa shape index (κ3) is 4.25. The van der Waals surface area contributed by atoms with Crippen LogP contribution >= 0.6 is 0 Å². The molecule has 2 rings (SSSR count). The molecule has 0 unspecified atom stereocenters. The Labute approximate surface area is 136 Å². The van der Waals surface area contributed by atoms with E-state index in [0.29, 0.717) is 6.61 Å². The molecule has 23 heavy (non-hydrogen) atoms. The second-order valence-electron chi connectivity index (χ2n) is 6.41. The predicted molar refractivity (Wildman–Crippen MR) is 89.4 cm³/mol. The van der Waals surface area contributed by atoms with Gasteiger partial charge in [-0.25, -0.2) is 4.79 Å². The van der Waals surface area contributed by atoms with Gasteiger partial charge in [0.1, 0.15) is 18.1 Å². The smallest absolute Gasteiger partial charge is 0.335 e. The van der Waals surface area contributed by atoms with Crippen molar-refractivity contribution in [2.75, 3.05) is 7.11 Å². The average Bonchev–Trinajstić information content (AvgIpc) is 2.52. The minimum Gasteiger partial charge on any atom is -0.497 e. The number of hydrogen-bond acceptors (Lipinski definition) is 3. The van der Waals surface area contributed by atoms with Crippen molar-refractivity contribution in [1.29, 1.82) is 0 Å². The van der Waals surface area contributed by atoms with E-state index < -0.39 is 5.97 Å². The molecule has 4 nitrogen and oxygen atoms in total. The topological polar surface area (TPSA) is 55.8 Å². The molecule has 122 valence electrons. The Morgan fingerprint density at radius 2 is 1.87 bits per heavy atom. The van der Waals surface area contributed by atoms with Crippen LogP contribution in [0.3, 0.4) is 0 Å². The zero-order chi connectivity index (χ0) is 17.0. The molecule has 0 saturated carbocycles. The Morgan fingerprint density at radius 1 is 1.13 bits per heavy atom. The number of ether oxygens (including phenoxy) is 2. The Balaban J connectivity index is 2.23. The van der Waals surface area contributed by atoms with Gasteiger partial charge in [0.25, 0.3) is 0 Å². The Hall–Kier alpha value is -2.49. The monoisotopic (exact) mass is 314 g/mol. The molecule has 0 bridgehead atoms. The van der Waals surface area contributed by atoms with Gasteiger partial charge in [-0.15, -0.1) is 0 Å². The fourth-order valence-electron chi connectivity index (χ4n) is 2.30. The van der Waals surface area contributed by atoms with E-state index in [0.717, 1.165) is 22.6 Å². The summed E-state index contributed by atoms with van der Waals surface area (Å²) < 4.78 is 11.2. The molecule has 0 aromatic heterocycles. The summed E-state index contributed by atoms with van der Waals surface area (Å²) in [5, 5.41) is 9.05. The zero-order valence-corrected chi connectivity index (χ0v) is 13.9. The first-order valence-corrected chi connectivity index (χ1v) is 7.45. The van der Waals surface area contributed by atoms with Crippen molar-refractivity contribution < 1.29 is 19.4 Å². The fourth-order valence-corrected chi connectivity index (χ4v) is 2.30. The van der Waals surface area contributed by atoms with E-state index in [1.807, 2.05) is 24.3 Å². The standard InChI is InChI=1S/C19H22O4/c1-19(2,3)16-11-15(22-4)8-9-17(16)23-12-13-6-5-7-14(10-13)18(20)21/h5-11H,12H2,1-4H3,(H,20,21). The summed E-state index contributed by atoms with van der Waals surface area (Å²) in [6, 6.07) is 12.5. The van der Waals surface area contributed by atoms with E-state index in [1.165, 1.54) is 0 Å². The molecule has 0 heterocycles. The minimum absolute atomic E-state index is 0.0905. The van der Waals surface area contributed by atoms with Crippen molar-refractivity contribution >= 4 is 5.97 Å². The highest BCUT2D eigenvalue weighted by Crippen LogP contribution is 2.34. The van der Waals surface area contributed by atoms with Crippen LogP contribution in [-0.4, -0.2) is 18.2 Å². The van der Waals surface area contributed by atoms with Crippen LogP contribution in [0, 0.1) is 0 Å². The van der Waals surface area contributed by atoms with Gasteiger partial charge >= 0.3 is 5.97 Å². The lowest BCUT2D eigenvalue weighted by atomic mass is 9.86.